The van der Waals surface area contributed by atoms with Gasteiger partial charge in [-0.05, 0) is 39.8 Å². The minimum absolute atomic E-state index is 0.0245. The Hall–Kier alpha value is -5.07. The first-order valence-electron chi connectivity index (χ1n) is 14.9. The van der Waals surface area contributed by atoms with Crippen LogP contribution in [0.2, 0.25) is 5.15 Å². The molecule has 0 fully saturated rings. The second-order valence-corrected chi connectivity index (χ2v) is 12.0. The van der Waals surface area contributed by atoms with E-state index < -0.39 is 29.7 Å². The number of hydrogen-bond donors (Lipinski definition) is 3. The quantitative estimate of drug-likeness (QED) is 0.204. The minimum atomic E-state index is -4.85. The number of halogens is 4. The Labute approximate surface area is 291 Å². The summed E-state index contributed by atoms with van der Waals surface area (Å²) in [7, 11) is 5.54. The molecule has 0 radical (unpaired) electrons. The normalized spacial score (nSPS) is 11.3. The van der Waals surface area contributed by atoms with Crippen LogP contribution in [0.5, 0.6) is 5.75 Å². The third-order valence-electron chi connectivity index (χ3n) is 6.84. The highest BCUT2D eigenvalue weighted by atomic mass is 35.5. The Kier molecular flexibility index (Phi) is 14.0. The van der Waals surface area contributed by atoms with Gasteiger partial charge in [0.1, 0.15) is 17.9 Å². The zero-order valence-electron chi connectivity index (χ0n) is 29.0. The van der Waals surface area contributed by atoms with E-state index in [1.165, 1.54) is 4.90 Å². The maximum Gasteiger partial charge on any atom is 0.490 e. The van der Waals surface area contributed by atoms with E-state index in [9.17, 15) is 32.3 Å². The number of anilines is 2. The predicted molar refractivity (Wildman–Crippen MR) is 176 cm³/mol. The molecule has 5 N–H and O–H groups in total. The van der Waals surface area contributed by atoms with Crippen LogP contribution in [-0.4, -0.2) is 101 Å². The van der Waals surface area contributed by atoms with Gasteiger partial charge in [-0.2, -0.15) is 13.2 Å². The van der Waals surface area contributed by atoms with Crippen LogP contribution in [0, 0.1) is 0 Å². The molecule has 0 aliphatic carbocycles. The van der Waals surface area contributed by atoms with E-state index in [-0.39, 0.29) is 54.6 Å². The number of nitrogens with two attached hydrogens (primary N) is 2. The zero-order chi connectivity index (χ0) is 38.1. The second kappa shape index (κ2) is 17.0. The lowest BCUT2D eigenvalue weighted by atomic mass is 10.2. The van der Waals surface area contributed by atoms with Gasteiger partial charge < -0.3 is 40.8 Å². The van der Waals surface area contributed by atoms with Crippen LogP contribution < -0.4 is 26.1 Å². The molecule has 0 bridgehead atoms. The summed E-state index contributed by atoms with van der Waals surface area (Å²) in [4.78, 5) is 59.0. The van der Waals surface area contributed by atoms with Gasteiger partial charge in [0.2, 0.25) is 0 Å². The molecule has 0 atom stereocenters. The van der Waals surface area contributed by atoms with Crippen molar-refractivity contribution in [3.8, 4) is 5.75 Å². The van der Waals surface area contributed by atoms with Crippen molar-refractivity contribution >= 4 is 58.1 Å². The fraction of sp³-hybridized carbons (Fsp3) is 0.500. The van der Waals surface area contributed by atoms with Crippen molar-refractivity contribution in [2.75, 3.05) is 52.9 Å². The van der Waals surface area contributed by atoms with Crippen molar-refractivity contribution in [2.24, 2.45) is 0 Å². The van der Waals surface area contributed by atoms with E-state index in [1.807, 2.05) is 28.2 Å². The lowest BCUT2D eigenvalue weighted by Crippen LogP contribution is -2.48. The molecule has 20 heteroatoms. The van der Waals surface area contributed by atoms with Crippen molar-refractivity contribution in [1.82, 2.24) is 29.7 Å². The maximum absolute atomic E-state index is 13.4. The Morgan fingerprint density at radius 1 is 1.02 bits per heavy atom. The number of aromatic nitrogens is 4. The molecule has 2 heterocycles. The number of nitrogens with zero attached hydrogens (tertiary/aromatic N) is 6. The first-order chi connectivity index (χ1) is 23.1. The van der Waals surface area contributed by atoms with Crippen molar-refractivity contribution in [3.05, 3.63) is 34.9 Å². The Morgan fingerprint density at radius 2 is 1.64 bits per heavy atom. The summed E-state index contributed by atoms with van der Waals surface area (Å²) in [5.41, 5.74) is 12.3. The molecule has 276 valence electrons. The summed E-state index contributed by atoms with van der Waals surface area (Å²) in [5, 5.41) is 2.67. The molecule has 0 saturated carbocycles. The molecule has 1 aromatic carbocycles. The van der Waals surface area contributed by atoms with Crippen molar-refractivity contribution in [1.29, 1.82) is 0 Å². The van der Waals surface area contributed by atoms with Gasteiger partial charge in [-0.15, -0.1) is 0 Å². The highest BCUT2D eigenvalue weighted by Crippen LogP contribution is 2.22. The van der Waals surface area contributed by atoms with E-state index in [0.29, 0.717) is 25.2 Å². The molecule has 0 saturated heterocycles. The second-order valence-electron chi connectivity index (χ2n) is 11.6. The Balaban J connectivity index is 0.000000963. The van der Waals surface area contributed by atoms with Crippen LogP contribution in [0.1, 0.15) is 44.0 Å². The van der Waals surface area contributed by atoms with E-state index in [2.05, 4.69) is 20.0 Å². The number of alkyl halides is 3. The van der Waals surface area contributed by atoms with Gasteiger partial charge in [-0.25, -0.2) is 28.7 Å². The van der Waals surface area contributed by atoms with Crippen molar-refractivity contribution in [3.63, 3.8) is 0 Å². The number of likely N-dealkylation sites (N-methyl/N-ethyl adjacent to an activating group) is 2. The Bertz CT molecular complexity index is 1710. The highest BCUT2D eigenvalue weighted by molar-refractivity contribution is 6.31. The molecular weight excluding hydrogens is 691 g/mol. The summed E-state index contributed by atoms with van der Waals surface area (Å²) in [5.74, 6) is -1.92. The van der Waals surface area contributed by atoms with E-state index in [0.717, 1.165) is 11.0 Å². The largest absolute Gasteiger partial charge is 0.497 e. The number of nitrogen functional groups attached to an aromatic ring is 2. The number of esters is 1. The lowest BCUT2D eigenvalue weighted by molar-refractivity contribution is -0.668. The van der Waals surface area contributed by atoms with Crippen LogP contribution in [0.4, 0.5) is 29.6 Å². The standard InChI is InChI=1S/C27H38ClN9O5.C3H3F3O2/c1-8-36-18-13-16(41-7)9-10-17(18)37(15-20(38)34(5)11-12-35(6)26(40)42-27(2,3)4)19(36)14-31-25(39)21-23(29)33-24(30)22(28)32-21;1-8-2(7)3(4,5)6/h9-10,13H,8,11-12,14-15H2,1-7H3,(H4-,29,30,31,33,39);1H3/p+1. The summed E-state index contributed by atoms with van der Waals surface area (Å²) < 4.78 is 50.9. The summed E-state index contributed by atoms with van der Waals surface area (Å²) in [6.07, 6.45) is -5.32. The number of imidazole rings is 1. The third-order valence-corrected chi connectivity index (χ3v) is 7.12. The lowest BCUT2D eigenvalue weighted by Gasteiger charge is -2.26. The first-order valence-corrected chi connectivity index (χ1v) is 15.3. The van der Waals surface area contributed by atoms with Crippen LogP contribution in [-0.2, 0) is 38.7 Å². The zero-order valence-corrected chi connectivity index (χ0v) is 29.7. The SMILES string of the molecule is CCn1c(CNC(=O)c2nc(Cl)c(N)nc2N)[n+](CC(=O)N(C)CCN(C)C(=O)OC(C)(C)C)c2ccc(OC)cc21.COC(=O)C(F)(F)F. The van der Waals surface area contributed by atoms with Gasteiger partial charge in [-0.1, -0.05) is 11.6 Å². The molecule has 3 amide bonds. The summed E-state index contributed by atoms with van der Waals surface area (Å²) >= 11 is 5.95. The van der Waals surface area contributed by atoms with E-state index in [4.69, 9.17) is 32.5 Å². The molecule has 0 spiro atoms. The van der Waals surface area contributed by atoms with Crippen molar-refractivity contribution in [2.45, 2.75) is 59.1 Å². The number of nitrogens with one attached hydrogen (secondary N) is 1. The molecule has 0 aliphatic rings. The number of aryl methyl sites for hydroxylation is 1. The number of methoxy groups -OCH3 is 2. The molecule has 3 rings (SSSR count). The number of fused-ring (bicyclic) bond motifs is 1. The number of benzene rings is 1. The molecular formula is C30H42ClF3N9O7+. The molecule has 2 aromatic heterocycles. The summed E-state index contributed by atoms with van der Waals surface area (Å²) in [6, 6.07) is 5.53. The average Bonchev–Trinajstić information content (AvgIpc) is 3.33. The molecule has 3 aromatic rings. The maximum atomic E-state index is 13.4. The number of ether oxygens (including phenoxy) is 3. The van der Waals surface area contributed by atoms with Crippen LogP contribution in [0.25, 0.3) is 11.0 Å². The molecule has 16 nitrogen and oxygen atoms in total. The fourth-order valence-electron chi connectivity index (χ4n) is 4.30. The highest BCUT2D eigenvalue weighted by Gasteiger charge is 2.40. The van der Waals surface area contributed by atoms with Gasteiger partial charge in [-0.3, -0.25) is 9.59 Å². The third kappa shape index (κ3) is 11.0. The van der Waals surface area contributed by atoms with Crippen LogP contribution in [0.3, 0.4) is 0 Å². The van der Waals surface area contributed by atoms with Gasteiger partial charge in [0, 0.05) is 33.3 Å². The number of rotatable bonds is 10. The topological polar surface area (TPSA) is 201 Å². The van der Waals surface area contributed by atoms with Gasteiger partial charge in [0.25, 0.3) is 17.6 Å². The minimum Gasteiger partial charge on any atom is -0.497 e. The van der Waals surface area contributed by atoms with Crippen molar-refractivity contribution < 1.29 is 51.1 Å². The fourth-order valence-corrected chi connectivity index (χ4v) is 4.42. The number of carbonyl (C=O) groups is 4. The molecule has 0 unspecified atom stereocenters. The monoisotopic (exact) mass is 732 g/mol. The smallest absolute Gasteiger partial charge is 0.490 e. The number of amides is 3. The predicted octanol–water partition coefficient (Wildman–Crippen LogP) is 2.54. The van der Waals surface area contributed by atoms with E-state index in [1.54, 1.807) is 52.9 Å². The van der Waals surface area contributed by atoms with Crippen LogP contribution >= 0.6 is 11.6 Å². The van der Waals surface area contributed by atoms with Gasteiger partial charge in [0.15, 0.2) is 40.1 Å². The van der Waals surface area contributed by atoms with Gasteiger partial charge in [0.05, 0.1) is 20.8 Å². The van der Waals surface area contributed by atoms with Gasteiger partial charge >= 0.3 is 18.2 Å². The van der Waals surface area contributed by atoms with E-state index >= 15 is 0 Å². The number of hydrogen-bond acceptors (Lipinski definition) is 11. The average molecular weight is 733 g/mol. The Morgan fingerprint density at radius 3 is 2.16 bits per heavy atom. The number of carbonyl (C=O) groups excluding carboxylic acids is 4. The molecule has 50 heavy (non-hydrogen) atoms. The van der Waals surface area contributed by atoms with Crippen LogP contribution in [0.15, 0.2) is 18.2 Å². The summed E-state index contributed by atoms with van der Waals surface area (Å²) in [6.45, 7) is 8.46. The molecule has 0 aliphatic heterocycles. The first kappa shape index (κ1) is 41.1.